The highest BCUT2D eigenvalue weighted by molar-refractivity contribution is 6.11. The third kappa shape index (κ3) is 5.62. The molecule has 1 fully saturated rings. The molecule has 0 atom stereocenters. The van der Waals surface area contributed by atoms with Gasteiger partial charge in [-0.15, -0.1) is 0 Å². The minimum atomic E-state index is -0.181. The van der Waals surface area contributed by atoms with Gasteiger partial charge in [0.25, 0.3) is 5.91 Å². The fraction of sp³-hybridized carbons (Fsp3) is 0.308. The Hall–Kier alpha value is -3.58. The number of likely N-dealkylation sites (tertiary alicyclic amines) is 1. The molecule has 33 heavy (non-hydrogen) atoms. The summed E-state index contributed by atoms with van der Waals surface area (Å²) >= 11 is 0. The Labute approximate surface area is 195 Å². The van der Waals surface area contributed by atoms with Crippen LogP contribution in [-0.2, 0) is 6.54 Å². The molecule has 0 aromatic heterocycles. The number of para-hydroxylation sites is 1. The number of carbonyl (C=O) groups excluding carboxylic acids is 1. The zero-order valence-electron chi connectivity index (χ0n) is 19.2. The van der Waals surface area contributed by atoms with Crippen LogP contribution in [0.2, 0.25) is 0 Å². The Morgan fingerprint density at radius 2 is 2.03 bits per heavy atom. The lowest BCUT2D eigenvalue weighted by Gasteiger charge is -2.18. The van der Waals surface area contributed by atoms with Gasteiger partial charge in [0, 0.05) is 36.0 Å². The standard InChI is InChI=1S/C26H31N5O2/c1-27-13-7-8-21-17-28-25(29-21)22-9-3-4-10-23(22)30-26(32)19-11-12-20(24(16-19)33-2)18-31-14-5-6-15-31/h3-4,7-13,16,27H,5-6,14-15,17-18H2,1-2H3,(H,28,29)(H,30,32)/b13-7-,21-8+. The number of amides is 1. The van der Waals surface area contributed by atoms with Gasteiger partial charge in [-0.25, -0.2) is 0 Å². The van der Waals surface area contributed by atoms with Crippen molar-refractivity contribution in [2.24, 2.45) is 4.99 Å². The molecule has 2 aliphatic rings. The van der Waals surface area contributed by atoms with Gasteiger partial charge in [0.1, 0.15) is 11.6 Å². The van der Waals surface area contributed by atoms with E-state index >= 15 is 0 Å². The van der Waals surface area contributed by atoms with E-state index in [1.807, 2.05) is 67.9 Å². The quantitative estimate of drug-likeness (QED) is 0.580. The zero-order chi connectivity index (χ0) is 23.0. The third-order valence-corrected chi connectivity index (χ3v) is 5.82. The van der Waals surface area contributed by atoms with Gasteiger partial charge < -0.3 is 20.7 Å². The van der Waals surface area contributed by atoms with Crippen LogP contribution >= 0.6 is 0 Å². The molecule has 7 heteroatoms. The molecule has 0 radical (unpaired) electrons. The van der Waals surface area contributed by atoms with Crippen LogP contribution in [0, 0.1) is 0 Å². The second-order valence-corrected chi connectivity index (χ2v) is 8.14. The maximum absolute atomic E-state index is 13.1. The molecular weight excluding hydrogens is 414 g/mol. The van der Waals surface area contributed by atoms with Crippen molar-refractivity contribution in [3.05, 3.63) is 83.2 Å². The molecule has 2 aliphatic heterocycles. The van der Waals surface area contributed by atoms with Crippen molar-refractivity contribution in [3.63, 3.8) is 0 Å². The average molecular weight is 446 g/mol. The van der Waals surface area contributed by atoms with Crippen LogP contribution in [0.1, 0.15) is 34.3 Å². The number of ether oxygens (including phenoxy) is 1. The number of nitrogens with zero attached hydrogens (tertiary/aromatic N) is 2. The van der Waals surface area contributed by atoms with E-state index in [9.17, 15) is 4.79 Å². The molecule has 172 valence electrons. The summed E-state index contributed by atoms with van der Waals surface area (Å²) in [5.74, 6) is 1.31. The van der Waals surface area contributed by atoms with Crippen molar-refractivity contribution in [2.45, 2.75) is 19.4 Å². The van der Waals surface area contributed by atoms with E-state index in [4.69, 9.17) is 4.74 Å². The Morgan fingerprint density at radius 3 is 2.82 bits per heavy atom. The first kappa shape index (κ1) is 22.6. The van der Waals surface area contributed by atoms with Crippen LogP contribution in [0.3, 0.4) is 0 Å². The number of rotatable bonds is 8. The number of hydrogen-bond donors (Lipinski definition) is 3. The van der Waals surface area contributed by atoms with E-state index in [1.165, 1.54) is 12.8 Å². The van der Waals surface area contributed by atoms with E-state index in [2.05, 4.69) is 25.8 Å². The SMILES string of the molecule is CN/C=C\C=C1/CN=C(c2ccccc2NC(=O)c2ccc(CN3CCCC3)c(OC)c2)N1. The highest BCUT2D eigenvalue weighted by Crippen LogP contribution is 2.25. The lowest BCUT2D eigenvalue weighted by Crippen LogP contribution is -2.22. The second kappa shape index (κ2) is 10.8. The summed E-state index contributed by atoms with van der Waals surface area (Å²) in [7, 11) is 3.51. The first-order valence-corrected chi connectivity index (χ1v) is 11.3. The van der Waals surface area contributed by atoms with E-state index < -0.39 is 0 Å². The molecule has 0 bridgehead atoms. The summed E-state index contributed by atoms with van der Waals surface area (Å²) in [6.07, 6.45) is 8.24. The average Bonchev–Trinajstić information content (AvgIpc) is 3.52. The fourth-order valence-corrected chi connectivity index (χ4v) is 4.09. The molecule has 2 aromatic rings. The third-order valence-electron chi connectivity index (χ3n) is 5.82. The van der Waals surface area contributed by atoms with E-state index in [0.717, 1.165) is 48.0 Å². The van der Waals surface area contributed by atoms with Gasteiger partial charge in [-0.2, -0.15) is 0 Å². The highest BCUT2D eigenvalue weighted by atomic mass is 16.5. The number of allylic oxidation sites excluding steroid dienone is 2. The van der Waals surface area contributed by atoms with E-state index in [0.29, 0.717) is 17.8 Å². The molecule has 2 aromatic carbocycles. The number of amidine groups is 1. The molecule has 0 unspecified atom stereocenters. The van der Waals surface area contributed by atoms with Gasteiger partial charge in [-0.3, -0.25) is 14.7 Å². The molecular formula is C26H31N5O2. The monoisotopic (exact) mass is 445 g/mol. The first-order chi connectivity index (χ1) is 16.2. The number of methoxy groups -OCH3 is 1. The van der Waals surface area contributed by atoms with Crippen molar-refractivity contribution in [3.8, 4) is 5.75 Å². The van der Waals surface area contributed by atoms with Gasteiger partial charge in [0.15, 0.2) is 0 Å². The van der Waals surface area contributed by atoms with Gasteiger partial charge >= 0.3 is 0 Å². The molecule has 0 spiro atoms. The van der Waals surface area contributed by atoms with Crippen LogP contribution in [0.5, 0.6) is 5.75 Å². The maximum Gasteiger partial charge on any atom is 0.255 e. The number of hydrogen-bond acceptors (Lipinski definition) is 6. The number of aliphatic imine (C=N–C) groups is 1. The first-order valence-electron chi connectivity index (χ1n) is 11.3. The highest BCUT2D eigenvalue weighted by Gasteiger charge is 2.19. The largest absolute Gasteiger partial charge is 0.496 e. The van der Waals surface area contributed by atoms with Crippen LogP contribution in [0.25, 0.3) is 0 Å². The van der Waals surface area contributed by atoms with Crippen LogP contribution in [0.4, 0.5) is 5.69 Å². The zero-order valence-corrected chi connectivity index (χ0v) is 19.2. The predicted molar refractivity (Wildman–Crippen MR) is 133 cm³/mol. The summed E-state index contributed by atoms with van der Waals surface area (Å²) in [5, 5.41) is 9.34. The van der Waals surface area contributed by atoms with E-state index in [-0.39, 0.29) is 5.91 Å². The number of benzene rings is 2. The summed E-state index contributed by atoms with van der Waals surface area (Å²) < 4.78 is 5.60. The summed E-state index contributed by atoms with van der Waals surface area (Å²) in [4.78, 5) is 20.1. The van der Waals surface area contributed by atoms with Gasteiger partial charge in [0.2, 0.25) is 0 Å². The molecule has 4 rings (SSSR count). The fourth-order valence-electron chi connectivity index (χ4n) is 4.09. The van der Waals surface area contributed by atoms with Crippen LogP contribution in [0.15, 0.2) is 71.5 Å². The lowest BCUT2D eigenvalue weighted by molar-refractivity contribution is 0.102. The van der Waals surface area contributed by atoms with Crippen molar-refractivity contribution >= 4 is 17.4 Å². The number of anilines is 1. The summed E-state index contributed by atoms with van der Waals surface area (Å²) in [5.41, 5.74) is 4.22. The number of nitrogens with one attached hydrogen (secondary N) is 3. The molecule has 3 N–H and O–H groups in total. The molecule has 0 aliphatic carbocycles. The van der Waals surface area contributed by atoms with Gasteiger partial charge in [-0.1, -0.05) is 18.2 Å². The Balaban J connectivity index is 1.48. The lowest BCUT2D eigenvalue weighted by atomic mass is 10.1. The minimum Gasteiger partial charge on any atom is -0.496 e. The molecule has 0 saturated carbocycles. The Kier molecular flexibility index (Phi) is 7.42. The van der Waals surface area contributed by atoms with E-state index in [1.54, 1.807) is 7.11 Å². The van der Waals surface area contributed by atoms with Crippen molar-refractivity contribution in [2.75, 3.05) is 39.1 Å². The smallest absolute Gasteiger partial charge is 0.255 e. The Morgan fingerprint density at radius 1 is 1.21 bits per heavy atom. The summed E-state index contributed by atoms with van der Waals surface area (Å²) in [6, 6.07) is 13.4. The van der Waals surface area contributed by atoms with Crippen LogP contribution in [-0.4, -0.2) is 50.4 Å². The van der Waals surface area contributed by atoms with Crippen molar-refractivity contribution in [1.29, 1.82) is 0 Å². The van der Waals surface area contributed by atoms with Crippen molar-refractivity contribution in [1.82, 2.24) is 15.5 Å². The molecule has 2 heterocycles. The molecule has 1 saturated heterocycles. The van der Waals surface area contributed by atoms with Gasteiger partial charge in [0.05, 0.1) is 19.3 Å². The topological polar surface area (TPSA) is 78.0 Å². The second-order valence-electron chi connectivity index (χ2n) is 8.14. The molecule has 7 nitrogen and oxygen atoms in total. The minimum absolute atomic E-state index is 0.181. The van der Waals surface area contributed by atoms with Crippen molar-refractivity contribution < 1.29 is 9.53 Å². The number of carbonyl (C=O) groups is 1. The Bertz CT molecular complexity index is 1080. The predicted octanol–water partition coefficient (Wildman–Crippen LogP) is 3.51. The summed E-state index contributed by atoms with van der Waals surface area (Å²) in [6.45, 7) is 3.64. The van der Waals surface area contributed by atoms with Crippen LogP contribution < -0.4 is 20.7 Å². The normalized spacial score (nSPS) is 17.3. The molecule has 1 amide bonds. The maximum atomic E-state index is 13.1. The van der Waals surface area contributed by atoms with Gasteiger partial charge in [-0.05, 0) is 68.5 Å².